The zero-order valence-electron chi connectivity index (χ0n) is 18.2. The van der Waals surface area contributed by atoms with Crippen LogP contribution < -0.4 is 4.74 Å². The van der Waals surface area contributed by atoms with E-state index >= 15 is 0 Å². The van der Waals surface area contributed by atoms with E-state index in [1.54, 1.807) is 12.3 Å². The number of ether oxygens (including phenoxy) is 1. The summed E-state index contributed by atoms with van der Waals surface area (Å²) in [6, 6.07) is 9.19. The van der Waals surface area contributed by atoms with Crippen molar-refractivity contribution in [3.8, 4) is 34.0 Å². The number of H-pyrrole nitrogens is 1. The van der Waals surface area contributed by atoms with E-state index in [2.05, 4.69) is 53.1 Å². The molecule has 7 nitrogen and oxygen atoms in total. The molecule has 30 heavy (non-hydrogen) atoms. The van der Waals surface area contributed by atoms with Gasteiger partial charge in [0.2, 0.25) is 5.88 Å². The molecule has 158 valence electrons. The maximum Gasteiger partial charge on any atom is 0.233 e. The van der Waals surface area contributed by atoms with Gasteiger partial charge in [-0.15, -0.1) is 10.2 Å². The largest absolute Gasteiger partial charge is 0.507 e. The summed E-state index contributed by atoms with van der Waals surface area (Å²) < 4.78 is 6.18. The number of nitrogens with zero attached hydrogens (tertiary/aromatic N) is 4. The average Bonchev–Trinajstić information content (AvgIpc) is 3.15. The van der Waals surface area contributed by atoms with Gasteiger partial charge in [-0.2, -0.15) is 5.10 Å². The Kier molecular flexibility index (Phi) is 5.24. The minimum Gasteiger partial charge on any atom is -0.507 e. The third-order valence-electron chi connectivity index (χ3n) is 6.73. The lowest BCUT2D eigenvalue weighted by molar-refractivity contribution is -0.0301. The molecule has 2 aromatic heterocycles. The number of hydrogen-bond donors (Lipinski definition) is 2. The van der Waals surface area contributed by atoms with E-state index in [9.17, 15) is 5.11 Å². The van der Waals surface area contributed by atoms with Crippen LogP contribution in [0.2, 0.25) is 0 Å². The molecule has 4 rings (SSSR count). The lowest BCUT2D eigenvalue weighted by Crippen LogP contribution is -2.56. The van der Waals surface area contributed by atoms with Gasteiger partial charge >= 0.3 is 0 Å². The maximum atomic E-state index is 10.5. The second-order valence-corrected chi connectivity index (χ2v) is 8.71. The predicted octanol–water partition coefficient (Wildman–Crippen LogP) is 4.05. The molecule has 7 heteroatoms. The molecule has 0 radical (unpaired) electrons. The molecule has 1 aromatic carbocycles. The molecular formula is C23H29N5O2. The number of aromatic amines is 1. The number of likely N-dealkylation sites (tertiary alicyclic amines) is 1. The van der Waals surface area contributed by atoms with Crippen molar-refractivity contribution in [1.29, 1.82) is 0 Å². The smallest absolute Gasteiger partial charge is 0.233 e. The molecule has 0 spiro atoms. The second kappa shape index (κ2) is 7.72. The molecule has 3 aromatic rings. The Bertz CT molecular complexity index is 1030. The zero-order valence-corrected chi connectivity index (χ0v) is 18.2. The number of nitrogens with one attached hydrogen (secondary N) is 1. The summed E-state index contributed by atoms with van der Waals surface area (Å²) in [6.45, 7) is 9.66. The summed E-state index contributed by atoms with van der Waals surface area (Å²) in [5.41, 5.74) is 4.11. The number of hydrogen-bond acceptors (Lipinski definition) is 6. The number of aromatic hydroxyl groups is 1. The van der Waals surface area contributed by atoms with Crippen LogP contribution in [0.4, 0.5) is 0 Å². The molecule has 1 saturated heterocycles. The second-order valence-electron chi connectivity index (χ2n) is 8.71. The van der Waals surface area contributed by atoms with E-state index in [-0.39, 0.29) is 17.4 Å². The first-order chi connectivity index (χ1) is 14.3. The van der Waals surface area contributed by atoms with Crippen LogP contribution in [-0.2, 0) is 0 Å². The Labute approximate surface area is 177 Å². The summed E-state index contributed by atoms with van der Waals surface area (Å²) in [4.78, 5) is 2.38. The summed E-state index contributed by atoms with van der Waals surface area (Å²) in [5, 5.41) is 26.1. The quantitative estimate of drug-likeness (QED) is 0.679. The van der Waals surface area contributed by atoms with E-state index in [0.29, 0.717) is 23.1 Å². The highest BCUT2D eigenvalue weighted by molar-refractivity contribution is 5.74. The van der Waals surface area contributed by atoms with Gasteiger partial charge < -0.3 is 14.7 Å². The van der Waals surface area contributed by atoms with Crippen LogP contribution >= 0.6 is 0 Å². The van der Waals surface area contributed by atoms with Gasteiger partial charge in [-0.05, 0) is 58.0 Å². The van der Waals surface area contributed by atoms with Crippen molar-refractivity contribution < 1.29 is 9.84 Å². The number of phenols is 1. The summed E-state index contributed by atoms with van der Waals surface area (Å²) in [7, 11) is 2.16. The molecule has 1 fully saturated rings. The lowest BCUT2D eigenvalue weighted by atomic mass is 9.79. The summed E-state index contributed by atoms with van der Waals surface area (Å²) in [5.74, 6) is 1.03. The van der Waals surface area contributed by atoms with Gasteiger partial charge in [0.1, 0.15) is 11.9 Å². The fourth-order valence-corrected chi connectivity index (χ4v) is 4.06. The van der Waals surface area contributed by atoms with E-state index in [1.165, 1.54) is 0 Å². The predicted molar refractivity (Wildman–Crippen MR) is 116 cm³/mol. The first-order valence-electron chi connectivity index (χ1n) is 10.3. The molecule has 0 saturated carbocycles. The van der Waals surface area contributed by atoms with Gasteiger partial charge in [0, 0.05) is 40.9 Å². The van der Waals surface area contributed by atoms with Crippen molar-refractivity contribution in [2.45, 2.75) is 45.8 Å². The highest BCUT2D eigenvalue weighted by Crippen LogP contribution is 2.35. The number of aryl methyl sites for hydroxylation is 1. The van der Waals surface area contributed by atoms with E-state index < -0.39 is 0 Å². The Morgan fingerprint density at radius 2 is 1.97 bits per heavy atom. The Hall–Kier alpha value is -2.93. The van der Waals surface area contributed by atoms with Gasteiger partial charge in [-0.25, -0.2) is 0 Å². The fourth-order valence-electron chi connectivity index (χ4n) is 4.06. The molecule has 1 aliphatic heterocycles. The Morgan fingerprint density at radius 1 is 1.17 bits per heavy atom. The van der Waals surface area contributed by atoms with Crippen molar-refractivity contribution >= 4 is 0 Å². The fraction of sp³-hybridized carbons (Fsp3) is 0.435. The minimum atomic E-state index is 0.0666. The molecule has 2 atom stereocenters. The number of piperidine rings is 1. The van der Waals surface area contributed by atoms with Gasteiger partial charge in [-0.1, -0.05) is 13.0 Å². The Balaban J connectivity index is 1.51. The van der Waals surface area contributed by atoms with Gasteiger partial charge in [0.05, 0.1) is 11.9 Å². The van der Waals surface area contributed by atoms with Crippen LogP contribution in [-0.4, -0.2) is 55.6 Å². The van der Waals surface area contributed by atoms with Crippen molar-refractivity contribution in [2.24, 2.45) is 5.92 Å². The average molecular weight is 408 g/mol. The summed E-state index contributed by atoms with van der Waals surface area (Å²) >= 11 is 0. The molecule has 2 unspecified atom stereocenters. The van der Waals surface area contributed by atoms with Gasteiger partial charge in [-0.3, -0.25) is 5.10 Å². The maximum absolute atomic E-state index is 10.5. The highest BCUT2D eigenvalue weighted by Gasteiger charge is 2.40. The topological polar surface area (TPSA) is 87.2 Å². The zero-order chi connectivity index (χ0) is 21.5. The van der Waals surface area contributed by atoms with E-state index in [0.717, 1.165) is 29.8 Å². The van der Waals surface area contributed by atoms with Crippen LogP contribution in [0.25, 0.3) is 22.4 Å². The van der Waals surface area contributed by atoms with Crippen LogP contribution in [0.1, 0.15) is 32.9 Å². The van der Waals surface area contributed by atoms with Crippen molar-refractivity contribution in [2.75, 3.05) is 13.6 Å². The third-order valence-corrected chi connectivity index (χ3v) is 6.73. The number of phenolic OH excluding ortho intramolecular Hbond substituents is 1. The van der Waals surface area contributed by atoms with Crippen molar-refractivity contribution in [3.05, 3.63) is 42.2 Å². The van der Waals surface area contributed by atoms with Crippen LogP contribution in [0.15, 0.2) is 36.5 Å². The number of rotatable bonds is 4. The molecule has 0 aliphatic carbocycles. The first-order valence-corrected chi connectivity index (χ1v) is 10.3. The normalized spacial score (nSPS) is 21.5. The lowest BCUT2D eigenvalue weighted by Gasteiger charge is -2.48. The molecule has 1 aliphatic rings. The molecule has 2 N–H and O–H groups in total. The van der Waals surface area contributed by atoms with Crippen LogP contribution in [0.3, 0.4) is 0 Å². The highest BCUT2D eigenvalue weighted by atomic mass is 16.5. The summed E-state index contributed by atoms with van der Waals surface area (Å²) in [6.07, 6.45) is 2.81. The van der Waals surface area contributed by atoms with Gasteiger partial charge in [0.15, 0.2) is 0 Å². The van der Waals surface area contributed by atoms with Crippen molar-refractivity contribution in [3.63, 3.8) is 0 Å². The molecule has 0 bridgehead atoms. The monoisotopic (exact) mass is 407 g/mol. The number of benzene rings is 1. The number of aromatic nitrogens is 4. The van der Waals surface area contributed by atoms with Gasteiger partial charge in [0.25, 0.3) is 0 Å². The molecule has 3 heterocycles. The van der Waals surface area contributed by atoms with E-state index in [4.69, 9.17) is 4.74 Å². The Morgan fingerprint density at radius 3 is 2.60 bits per heavy atom. The van der Waals surface area contributed by atoms with Crippen LogP contribution in [0.5, 0.6) is 11.6 Å². The third kappa shape index (κ3) is 3.65. The first kappa shape index (κ1) is 20.3. The molecular weight excluding hydrogens is 378 g/mol. The van der Waals surface area contributed by atoms with Crippen molar-refractivity contribution in [1.82, 2.24) is 25.3 Å². The molecule has 0 amide bonds. The SMILES string of the molecule is Cc1[nH]ncc1-c1ccc(-c2ccc(OC3CCN(C)C(C)(C)C3C)nn2)c(O)c1. The standard InChI is InChI=1S/C23H29N5O2/c1-14-21(10-11-28(5)23(14,3)4)30-22-9-8-19(26-27-22)17-7-6-16(12-20(17)29)18-13-24-25-15(18)2/h6-9,12-14,21,29H,10-11H2,1-5H3,(H,24,25). The minimum absolute atomic E-state index is 0.0666. The van der Waals surface area contributed by atoms with Crippen LogP contribution in [0, 0.1) is 12.8 Å². The van der Waals surface area contributed by atoms with E-state index in [1.807, 2.05) is 31.2 Å².